The standard InChI is InChI=1S/C17H25ClN4O3/c1-2-25-16(24)11-13-17(18)19-12-14(20-13)21-15(23)7-6-10-22-8-4-3-5-9-22/h12H,2-11H2,1H3,(H,20,21,23). The van der Waals surface area contributed by atoms with E-state index in [9.17, 15) is 9.59 Å². The fourth-order valence-electron chi connectivity index (χ4n) is 2.79. The maximum atomic E-state index is 12.1. The van der Waals surface area contributed by atoms with E-state index in [-0.39, 0.29) is 24.1 Å². The first-order valence-corrected chi connectivity index (χ1v) is 9.15. The van der Waals surface area contributed by atoms with Crippen LogP contribution in [0.5, 0.6) is 0 Å². The number of nitrogens with zero attached hydrogens (tertiary/aromatic N) is 3. The summed E-state index contributed by atoms with van der Waals surface area (Å²) in [5.74, 6) is -0.244. The summed E-state index contributed by atoms with van der Waals surface area (Å²) in [4.78, 5) is 34.2. The largest absolute Gasteiger partial charge is 0.466 e. The summed E-state index contributed by atoms with van der Waals surface area (Å²) < 4.78 is 4.88. The van der Waals surface area contributed by atoms with Gasteiger partial charge in [0.05, 0.1) is 24.9 Å². The first-order chi connectivity index (χ1) is 12.1. The third-order valence-corrected chi connectivity index (χ3v) is 4.32. The van der Waals surface area contributed by atoms with E-state index in [2.05, 4.69) is 20.2 Å². The molecule has 2 rings (SSSR count). The molecule has 0 saturated carbocycles. The molecule has 1 fully saturated rings. The molecular formula is C17H25ClN4O3. The van der Waals surface area contributed by atoms with Gasteiger partial charge in [0, 0.05) is 6.42 Å². The van der Waals surface area contributed by atoms with Crippen molar-refractivity contribution in [1.82, 2.24) is 14.9 Å². The van der Waals surface area contributed by atoms with Crippen LogP contribution >= 0.6 is 11.6 Å². The van der Waals surface area contributed by atoms with Crippen LogP contribution in [0.3, 0.4) is 0 Å². The van der Waals surface area contributed by atoms with Gasteiger partial charge >= 0.3 is 5.97 Å². The molecule has 1 aromatic rings. The van der Waals surface area contributed by atoms with Gasteiger partial charge in [0.2, 0.25) is 5.91 Å². The fourth-order valence-corrected chi connectivity index (χ4v) is 2.94. The number of ether oxygens (including phenoxy) is 1. The molecule has 0 atom stereocenters. The molecule has 25 heavy (non-hydrogen) atoms. The fraction of sp³-hybridized carbons (Fsp3) is 0.647. The van der Waals surface area contributed by atoms with E-state index >= 15 is 0 Å². The molecule has 7 nitrogen and oxygen atoms in total. The number of anilines is 1. The number of esters is 1. The lowest BCUT2D eigenvalue weighted by Crippen LogP contribution is -2.31. The number of piperidine rings is 1. The molecule has 1 aliphatic rings. The molecule has 1 amide bonds. The van der Waals surface area contributed by atoms with Crippen molar-refractivity contribution in [2.75, 3.05) is 31.6 Å². The van der Waals surface area contributed by atoms with E-state index in [1.807, 2.05) is 0 Å². The number of hydrogen-bond donors (Lipinski definition) is 1. The molecule has 0 aliphatic carbocycles. The number of aromatic nitrogens is 2. The first kappa shape index (κ1) is 19.6. The second kappa shape index (κ2) is 10.3. The molecule has 2 heterocycles. The second-order valence-corrected chi connectivity index (χ2v) is 6.39. The van der Waals surface area contributed by atoms with Gasteiger partial charge in [0.15, 0.2) is 11.0 Å². The maximum absolute atomic E-state index is 12.1. The number of nitrogens with one attached hydrogen (secondary N) is 1. The Hall–Kier alpha value is -1.73. The van der Waals surface area contributed by atoms with Crippen LogP contribution in [0.25, 0.3) is 0 Å². The van der Waals surface area contributed by atoms with Gasteiger partial charge in [-0.1, -0.05) is 18.0 Å². The molecule has 8 heteroatoms. The van der Waals surface area contributed by atoms with Crippen LogP contribution in [0.4, 0.5) is 5.82 Å². The van der Waals surface area contributed by atoms with E-state index in [4.69, 9.17) is 16.3 Å². The molecule has 1 aliphatic heterocycles. The number of hydrogen-bond acceptors (Lipinski definition) is 6. The van der Waals surface area contributed by atoms with Crippen LogP contribution in [0, 0.1) is 0 Å². The lowest BCUT2D eigenvalue weighted by Gasteiger charge is -2.26. The van der Waals surface area contributed by atoms with Crippen molar-refractivity contribution < 1.29 is 14.3 Å². The van der Waals surface area contributed by atoms with E-state index < -0.39 is 5.97 Å². The maximum Gasteiger partial charge on any atom is 0.311 e. The molecule has 0 spiro atoms. The van der Waals surface area contributed by atoms with Crippen LogP contribution in [0.2, 0.25) is 5.15 Å². The molecule has 1 aromatic heterocycles. The minimum absolute atomic E-state index is 0.0711. The second-order valence-electron chi connectivity index (χ2n) is 6.03. The topological polar surface area (TPSA) is 84.4 Å². The minimum atomic E-state index is -0.427. The molecular weight excluding hydrogens is 344 g/mol. The van der Waals surface area contributed by atoms with Gasteiger partial charge in [-0.15, -0.1) is 0 Å². The SMILES string of the molecule is CCOC(=O)Cc1nc(NC(=O)CCCN2CCCCC2)cnc1Cl. The van der Waals surface area contributed by atoms with E-state index in [0.29, 0.717) is 17.9 Å². The summed E-state index contributed by atoms with van der Waals surface area (Å²) in [7, 11) is 0. The van der Waals surface area contributed by atoms with Gasteiger partial charge in [0.1, 0.15) is 0 Å². The van der Waals surface area contributed by atoms with Crippen molar-refractivity contribution in [2.24, 2.45) is 0 Å². The summed E-state index contributed by atoms with van der Waals surface area (Å²) >= 11 is 5.95. The van der Waals surface area contributed by atoms with Crippen molar-refractivity contribution in [3.05, 3.63) is 17.0 Å². The molecule has 1 N–H and O–H groups in total. The zero-order valence-corrected chi connectivity index (χ0v) is 15.3. The summed E-state index contributed by atoms with van der Waals surface area (Å²) in [6.07, 6.45) is 6.35. The summed E-state index contributed by atoms with van der Waals surface area (Å²) in [6, 6.07) is 0. The number of amides is 1. The highest BCUT2D eigenvalue weighted by atomic mass is 35.5. The van der Waals surface area contributed by atoms with Crippen LogP contribution in [0.1, 0.15) is 44.7 Å². The van der Waals surface area contributed by atoms with Crippen molar-refractivity contribution in [3.8, 4) is 0 Å². The normalized spacial score (nSPS) is 15.0. The third kappa shape index (κ3) is 6.96. The zero-order chi connectivity index (χ0) is 18.1. The Morgan fingerprint density at radius 1 is 1.32 bits per heavy atom. The third-order valence-electron chi connectivity index (χ3n) is 4.01. The molecule has 1 saturated heterocycles. The van der Waals surface area contributed by atoms with Crippen molar-refractivity contribution in [2.45, 2.75) is 45.4 Å². The van der Waals surface area contributed by atoms with E-state index in [0.717, 1.165) is 26.1 Å². The Balaban J connectivity index is 1.80. The van der Waals surface area contributed by atoms with Gasteiger partial charge in [0.25, 0.3) is 0 Å². The van der Waals surface area contributed by atoms with Gasteiger partial charge in [-0.05, 0) is 45.8 Å². The van der Waals surface area contributed by atoms with Gasteiger partial charge < -0.3 is 15.0 Å². The molecule has 0 radical (unpaired) electrons. The Morgan fingerprint density at radius 3 is 2.80 bits per heavy atom. The average Bonchev–Trinajstić information content (AvgIpc) is 2.59. The lowest BCUT2D eigenvalue weighted by atomic mass is 10.1. The first-order valence-electron chi connectivity index (χ1n) is 8.77. The average molecular weight is 369 g/mol. The highest BCUT2D eigenvalue weighted by Crippen LogP contribution is 2.15. The summed E-state index contributed by atoms with van der Waals surface area (Å²) in [6.45, 7) is 5.21. The van der Waals surface area contributed by atoms with Crippen LogP contribution < -0.4 is 5.32 Å². The number of carbonyl (C=O) groups is 2. The summed E-state index contributed by atoms with van der Waals surface area (Å²) in [5, 5.41) is 2.85. The van der Waals surface area contributed by atoms with Crippen molar-refractivity contribution in [1.29, 1.82) is 0 Å². The van der Waals surface area contributed by atoms with E-state index in [1.54, 1.807) is 6.92 Å². The minimum Gasteiger partial charge on any atom is -0.466 e. The smallest absolute Gasteiger partial charge is 0.311 e. The number of rotatable bonds is 8. The lowest BCUT2D eigenvalue weighted by molar-refractivity contribution is -0.142. The van der Waals surface area contributed by atoms with E-state index in [1.165, 1.54) is 25.5 Å². The predicted molar refractivity (Wildman–Crippen MR) is 95.5 cm³/mol. The molecule has 0 unspecified atom stereocenters. The van der Waals surface area contributed by atoms with Gasteiger partial charge in [-0.25, -0.2) is 9.97 Å². The number of carbonyl (C=O) groups excluding carboxylic acids is 2. The Labute approximate surface area is 153 Å². The highest BCUT2D eigenvalue weighted by Gasteiger charge is 2.14. The van der Waals surface area contributed by atoms with Crippen molar-refractivity contribution >= 4 is 29.3 Å². The number of likely N-dealkylation sites (tertiary alicyclic amines) is 1. The Kier molecular flexibility index (Phi) is 8.08. The zero-order valence-electron chi connectivity index (χ0n) is 14.6. The molecule has 0 bridgehead atoms. The van der Waals surface area contributed by atoms with Gasteiger partial charge in [-0.3, -0.25) is 9.59 Å². The summed E-state index contributed by atoms with van der Waals surface area (Å²) in [5.41, 5.74) is 0.297. The quantitative estimate of drug-likeness (QED) is 0.709. The highest BCUT2D eigenvalue weighted by molar-refractivity contribution is 6.30. The van der Waals surface area contributed by atoms with Gasteiger partial charge in [-0.2, -0.15) is 0 Å². The van der Waals surface area contributed by atoms with Crippen LogP contribution in [-0.2, 0) is 20.7 Å². The molecule has 138 valence electrons. The monoisotopic (exact) mass is 368 g/mol. The Bertz CT molecular complexity index is 591. The van der Waals surface area contributed by atoms with Crippen LogP contribution in [-0.4, -0.2) is 53.0 Å². The van der Waals surface area contributed by atoms with Crippen molar-refractivity contribution in [3.63, 3.8) is 0 Å². The molecule has 0 aromatic carbocycles. The number of halogens is 1. The van der Waals surface area contributed by atoms with Crippen LogP contribution in [0.15, 0.2) is 6.20 Å². The Morgan fingerprint density at radius 2 is 2.08 bits per heavy atom. The predicted octanol–water partition coefficient (Wildman–Crippen LogP) is 2.44.